The standard InChI is InChI=1S/C27H20Cl2N2O7/c1-36-22-13-16(12-21(29)23(22)38-14-15-4-3-5-18(28)10-15)11-20-24(32)30-27(35)31(25(20)33)19-8-6-17(7-9-19)26(34)37-2/h3-13H,14H2,1-2H3,(H,30,32,35)/b20-11+. The zero-order valence-corrected chi connectivity index (χ0v) is 21.6. The van der Waals surface area contributed by atoms with Crippen molar-refractivity contribution in [1.29, 1.82) is 0 Å². The molecule has 3 aromatic rings. The summed E-state index contributed by atoms with van der Waals surface area (Å²) in [6, 6.07) is 14.8. The van der Waals surface area contributed by atoms with Gasteiger partial charge in [-0.1, -0.05) is 35.3 Å². The molecular formula is C27H20Cl2N2O7. The van der Waals surface area contributed by atoms with Crippen LogP contribution in [0.3, 0.4) is 0 Å². The minimum absolute atomic E-state index is 0.152. The van der Waals surface area contributed by atoms with Gasteiger partial charge >= 0.3 is 12.0 Å². The van der Waals surface area contributed by atoms with Crippen LogP contribution >= 0.6 is 23.2 Å². The van der Waals surface area contributed by atoms with Crippen molar-refractivity contribution in [2.24, 2.45) is 0 Å². The Bertz CT molecular complexity index is 1470. The average Bonchev–Trinajstić information content (AvgIpc) is 2.90. The molecule has 1 saturated heterocycles. The van der Waals surface area contributed by atoms with Crippen LogP contribution in [0.5, 0.6) is 11.5 Å². The highest BCUT2D eigenvalue weighted by atomic mass is 35.5. The summed E-state index contributed by atoms with van der Waals surface area (Å²) in [5.74, 6) is -1.79. The van der Waals surface area contributed by atoms with E-state index in [0.29, 0.717) is 10.6 Å². The van der Waals surface area contributed by atoms with Crippen LogP contribution in [0, 0.1) is 0 Å². The number of anilines is 1. The van der Waals surface area contributed by atoms with Gasteiger partial charge < -0.3 is 14.2 Å². The van der Waals surface area contributed by atoms with Crippen LogP contribution in [0.2, 0.25) is 10.0 Å². The lowest BCUT2D eigenvalue weighted by Crippen LogP contribution is -2.54. The number of carbonyl (C=O) groups is 4. The molecule has 0 atom stereocenters. The third-order valence-corrected chi connectivity index (χ3v) is 6.00. The molecule has 4 amide bonds. The number of hydrogen-bond acceptors (Lipinski definition) is 7. The lowest BCUT2D eigenvalue weighted by Gasteiger charge is -2.26. The molecule has 1 heterocycles. The van der Waals surface area contributed by atoms with E-state index in [9.17, 15) is 19.2 Å². The molecule has 4 rings (SSSR count). The first-order valence-corrected chi connectivity index (χ1v) is 11.8. The van der Waals surface area contributed by atoms with Gasteiger partial charge in [-0.15, -0.1) is 0 Å². The highest BCUT2D eigenvalue weighted by molar-refractivity contribution is 6.39. The van der Waals surface area contributed by atoms with Gasteiger partial charge in [0.1, 0.15) is 12.2 Å². The number of barbiturate groups is 1. The Balaban J connectivity index is 1.62. The maximum Gasteiger partial charge on any atom is 0.337 e. The Morgan fingerprint density at radius 3 is 2.39 bits per heavy atom. The van der Waals surface area contributed by atoms with Crippen molar-refractivity contribution < 1.29 is 33.4 Å². The molecule has 194 valence electrons. The van der Waals surface area contributed by atoms with E-state index in [2.05, 4.69) is 10.1 Å². The Morgan fingerprint density at radius 1 is 1.00 bits per heavy atom. The fraction of sp³-hybridized carbons (Fsp3) is 0.111. The summed E-state index contributed by atoms with van der Waals surface area (Å²) in [6.45, 7) is 0.170. The van der Waals surface area contributed by atoms with Gasteiger partial charge in [0.25, 0.3) is 11.8 Å². The molecule has 1 aliphatic rings. The highest BCUT2D eigenvalue weighted by Crippen LogP contribution is 2.38. The second-order valence-electron chi connectivity index (χ2n) is 7.95. The quantitative estimate of drug-likeness (QED) is 0.247. The van der Waals surface area contributed by atoms with Crippen LogP contribution in [0.4, 0.5) is 10.5 Å². The van der Waals surface area contributed by atoms with Gasteiger partial charge in [0, 0.05) is 5.02 Å². The summed E-state index contributed by atoms with van der Waals surface area (Å²) < 4.78 is 15.9. The number of imide groups is 2. The third kappa shape index (κ3) is 5.64. The Labute approximate surface area is 227 Å². The van der Waals surface area contributed by atoms with Crippen LogP contribution in [0.15, 0.2) is 66.2 Å². The zero-order chi connectivity index (χ0) is 27.4. The monoisotopic (exact) mass is 554 g/mol. The summed E-state index contributed by atoms with van der Waals surface area (Å²) in [7, 11) is 2.66. The number of nitrogens with zero attached hydrogens (tertiary/aromatic N) is 1. The molecule has 1 fully saturated rings. The SMILES string of the molecule is COC(=O)c1ccc(N2C(=O)NC(=O)/C(=C\c3cc(Cl)c(OCc4cccc(Cl)c4)c(OC)c3)C2=O)cc1. The number of methoxy groups -OCH3 is 2. The molecule has 0 aromatic heterocycles. The summed E-state index contributed by atoms with van der Waals surface area (Å²) in [6.07, 6.45) is 1.29. The molecule has 1 N–H and O–H groups in total. The van der Waals surface area contributed by atoms with Crippen LogP contribution in [-0.4, -0.2) is 38.0 Å². The molecule has 11 heteroatoms. The first kappa shape index (κ1) is 26.7. The smallest absolute Gasteiger partial charge is 0.337 e. The molecular weight excluding hydrogens is 535 g/mol. The summed E-state index contributed by atoms with van der Waals surface area (Å²) in [4.78, 5) is 50.7. The number of nitrogens with one attached hydrogen (secondary N) is 1. The second-order valence-corrected chi connectivity index (χ2v) is 8.79. The number of halogens is 2. The number of carbonyl (C=O) groups excluding carboxylic acids is 4. The first-order chi connectivity index (χ1) is 18.2. The number of benzene rings is 3. The molecule has 9 nitrogen and oxygen atoms in total. The molecule has 0 aliphatic carbocycles. The van der Waals surface area contributed by atoms with Crippen molar-refractivity contribution in [3.8, 4) is 11.5 Å². The van der Waals surface area contributed by atoms with Gasteiger partial charge in [0.05, 0.1) is 30.5 Å². The van der Waals surface area contributed by atoms with E-state index >= 15 is 0 Å². The van der Waals surface area contributed by atoms with E-state index in [1.807, 2.05) is 6.07 Å². The van der Waals surface area contributed by atoms with Crippen LogP contribution in [0.1, 0.15) is 21.5 Å². The van der Waals surface area contributed by atoms with Crippen molar-refractivity contribution in [2.45, 2.75) is 6.61 Å². The largest absolute Gasteiger partial charge is 0.493 e. The van der Waals surface area contributed by atoms with Gasteiger partial charge in [0.15, 0.2) is 11.5 Å². The van der Waals surface area contributed by atoms with E-state index in [4.69, 9.17) is 32.7 Å². The lowest BCUT2D eigenvalue weighted by atomic mass is 10.1. The molecule has 0 radical (unpaired) electrons. The Morgan fingerprint density at radius 2 is 1.74 bits per heavy atom. The number of urea groups is 1. The van der Waals surface area contributed by atoms with Gasteiger partial charge in [0.2, 0.25) is 0 Å². The van der Waals surface area contributed by atoms with Gasteiger partial charge in [-0.25, -0.2) is 14.5 Å². The molecule has 0 saturated carbocycles. The van der Waals surface area contributed by atoms with Crippen molar-refractivity contribution in [1.82, 2.24) is 5.32 Å². The Hall–Kier alpha value is -4.34. The number of amides is 4. The fourth-order valence-electron chi connectivity index (χ4n) is 3.67. The summed E-state index contributed by atoms with van der Waals surface area (Å²) in [5, 5.41) is 2.88. The normalized spacial score (nSPS) is 14.4. The molecule has 3 aromatic carbocycles. The maximum absolute atomic E-state index is 13.2. The van der Waals surface area contributed by atoms with Crippen LogP contribution in [0.25, 0.3) is 6.08 Å². The molecule has 0 spiro atoms. The molecule has 0 unspecified atom stereocenters. The third-order valence-electron chi connectivity index (χ3n) is 5.48. The molecule has 0 bridgehead atoms. The lowest BCUT2D eigenvalue weighted by molar-refractivity contribution is -0.122. The minimum atomic E-state index is -0.927. The van der Waals surface area contributed by atoms with Crippen molar-refractivity contribution in [2.75, 3.05) is 19.1 Å². The van der Waals surface area contributed by atoms with Gasteiger partial charge in [-0.3, -0.25) is 14.9 Å². The van der Waals surface area contributed by atoms with E-state index in [0.717, 1.165) is 10.5 Å². The van der Waals surface area contributed by atoms with Crippen molar-refractivity contribution in [3.05, 3.63) is 93.0 Å². The minimum Gasteiger partial charge on any atom is -0.493 e. The van der Waals surface area contributed by atoms with Crippen LogP contribution < -0.4 is 19.7 Å². The zero-order valence-electron chi connectivity index (χ0n) is 20.1. The molecule has 1 aliphatic heterocycles. The number of hydrogen-bond donors (Lipinski definition) is 1. The van der Waals surface area contributed by atoms with Crippen molar-refractivity contribution >= 4 is 58.8 Å². The molecule has 38 heavy (non-hydrogen) atoms. The Kier molecular flexibility index (Phi) is 7.99. The van der Waals surface area contributed by atoms with Gasteiger partial charge in [-0.05, 0) is 65.7 Å². The van der Waals surface area contributed by atoms with Crippen LogP contribution in [-0.2, 0) is 20.9 Å². The topological polar surface area (TPSA) is 111 Å². The highest BCUT2D eigenvalue weighted by Gasteiger charge is 2.37. The average molecular weight is 555 g/mol. The number of esters is 1. The predicted octanol–water partition coefficient (Wildman–Crippen LogP) is 5.03. The maximum atomic E-state index is 13.2. The summed E-state index contributed by atoms with van der Waals surface area (Å²) >= 11 is 12.5. The number of ether oxygens (including phenoxy) is 3. The summed E-state index contributed by atoms with van der Waals surface area (Å²) in [5.41, 5.74) is 1.24. The van der Waals surface area contributed by atoms with E-state index in [-0.39, 0.29) is 40.0 Å². The van der Waals surface area contributed by atoms with E-state index in [1.54, 1.807) is 24.3 Å². The van der Waals surface area contributed by atoms with Crippen molar-refractivity contribution in [3.63, 3.8) is 0 Å². The van der Waals surface area contributed by atoms with E-state index in [1.165, 1.54) is 50.6 Å². The number of rotatable bonds is 7. The fourth-order valence-corrected chi connectivity index (χ4v) is 4.16. The first-order valence-electron chi connectivity index (χ1n) is 11.1. The van der Waals surface area contributed by atoms with E-state index < -0.39 is 23.8 Å². The van der Waals surface area contributed by atoms with Gasteiger partial charge in [-0.2, -0.15) is 0 Å². The second kappa shape index (κ2) is 11.4. The predicted molar refractivity (Wildman–Crippen MR) is 141 cm³/mol.